The monoisotopic (exact) mass is 798 g/mol. The first-order chi connectivity index (χ1) is 26.5. The normalized spacial score (nSPS) is 14.7. The Morgan fingerprint density at radius 1 is 0.800 bits per heavy atom. The number of aliphatic hydroxyl groups excluding tert-OH is 1. The number of nitrogens with zero attached hydrogens (tertiary/aromatic N) is 5. The van der Waals surface area contributed by atoms with E-state index in [1.54, 1.807) is 60.0 Å². The number of halogens is 4. The van der Waals surface area contributed by atoms with Gasteiger partial charge in [0.2, 0.25) is 0 Å². The fraction of sp³-hybridized carbons (Fsp3) is 0.333. The first kappa shape index (κ1) is 41.0. The van der Waals surface area contributed by atoms with Gasteiger partial charge >= 0.3 is 12.2 Å². The molecular weight excluding hydrogens is 757 g/mol. The average molecular weight is 800 g/mol. The van der Waals surface area contributed by atoms with Crippen LogP contribution in [0, 0.1) is 11.6 Å². The van der Waals surface area contributed by atoms with Gasteiger partial charge in [-0.1, -0.05) is 35.3 Å². The van der Waals surface area contributed by atoms with E-state index < -0.39 is 17.7 Å². The number of piperazine rings is 2. The number of aromatic nitrogens is 1. The van der Waals surface area contributed by atoms with Gasteiger partial charge < -0.3 is 39.5 Å². The van der Waals surface area contributed by atoms with Crippen molar-refractivity contribution in [1.29, 1.82) is 0 Å². The number of hydrogen-bond donors (Lipinski definition) is 2. The van der Waals surface area contributed by atoms with Gasteiger partial charge in [0.05, 0.1) is 23.9 Å². The van der Waals surface area contributed by atoms with Crippen LogP contribution in [0.4, 0.5) is 41.2 Å². The molecule has 16 heteroatoms. The summed E-state index contributed by atoms with van der Waals surface area (Å²) in [6.45, 7) is 9.37. The highest BCUT2D eigenvalue weighted by molar-refractivity contribution is 6.33. The quantitative estimate of drug-likeness (QED) is 0.164. The van der Waals surface area contributed by atoms with Gasteiger partial charge in [0.25, 0.3) is 0 Å². The van der Waals surface area contributed by atoms with Crippen molar-refractivity contribution in [3.8, 4) is 0 Å². The highest BCUT2D eigenvalue weighted by Crippen LogP contribution is 2.32. The van der Waals surface area contributed by atoms with Crippen LogP contribution in [0.3, 0.4) is 0 Å². The van der Waals surface area contributed by atoms with Crippen LogP contribution in [0.25, 0.3) is 0 Å². The van der Waals surface area contributed by atoms with E-state index in [9.17, 15) is 28.3 Å². The number of ether oxygens (including phenoxy) is 2. The van der Waals surface area contributed by atoms with E-state index in [1.165, 1.54) is 12.3 Å². The molecule has 1 unspecified atom stereocenters. The SMILES string of the molecule is CCOC(=O)N1CCN(c2ccc(C(O)c3ccc(Nc4ccc(F)cc4F)nc3)c(Cl)c2)CC1.CCOC(=O)N1CCN(c2ccc(C=O)c(Cl)c2)CC1. The summed E-state index contributed by atoms with van der Waals surface area (Å²) in [5.74, 6) is -1.05. The van der Waals surface area contributed by atoms with Crippen molar-refractivity contribution in [3.05, 3.63) is 111 Å². The predicted octanol–water partition coefficient (Wildman–Crippen LogP) is 7.55. The molecule has 0 bridgehead atoms. The number of aliphatic hydroxyl groups is 1. The third-order valence-electron chi connectivity index (χ3n) is 9.03. The minimum absolute atomic E-state index is 0.0916. The molecule has 2 amide bonds. The Morgan fingerprint density at radius 2 is 1.36 bits per heavy atom. The summed E-state index contributed by atoms with van der Waals surface area (Å²) in [6, 6.07) is 17.3. The molecule has 1 atom stereocenters. The third-order valence-corrected chi connectivity index (χ3v) is 9.68. The van der Waals surface area contributed by atoms with Crippen LogP contribution in [-0.4, -0.2) is 104 Å². The van der Waals surface area contributed by atoms with Crippen molar-refractivity contribution >= 4 is 64.6 Å². The Balaban J connectivity index is 0.000000246. The largest absolute Gasteiger partial charge is 0.450 e. The Bertz CT molecular complexity index is 1940. The fourth-order valence-electron chi connectivity index (χ4n) is 6.02. The van der Waals surface area contributed by atoms with Crippen molar-refractivity contribution < 1.29 is 37.7 Å². The van der Waals surface area contributed by atoms with Crippen molar-refractivity contribution in [2.24, 2.45) is 0 Å². The molecule has 3 heterocycles. The predicted molar refractivity (Wildman–Crippen MR) is 208 cm³/mol. The molecule has 292 valence electrons. The highest BCUT2D eigenvalue weighted by atomic mass is 35.5. The first-order valence-corrected chi connectivity index (χ1v) is 18.5. The summed E-state index contributed by atoms with van der Waals surface area (Å²) in [7, 11) is 0. The second-order valence-corrected chi connectivity index (χ2v) is 13.3. The molecule has 4 aromatic rings. The topological polar surface area (TPSA) is 128 Å². The van der Waals surface area contributed by atoms with E-state index in [1.807, 2.05) is 12.1 Å². The molecule has 2 N–H and O–H groups in total. The number of amides is 2. The molecule has 2 aliphatic rings. The number of aldehydes is 1. The molecule has 6 rings (SSSR count). The molecule has 12 nitrogen and oxygen atoms in total. The number of carbonyl (C=O) groups is 3. The number of pyridine rings is 1. The molecule has 0 spiro atoms. The molecule has 2 aliphatic heterocycles. The summed E-state index contributed by atoms with van der Waals surface area (Å²) < 4.78 is 37.0. The second-order valence-electron chi connectivity index (χ2n) is 12.5. The van der Waals surface area contributed by atoms with Crippen LogP contribution in [0.15, 0.2) is 72.9 Å². The van der Waals surface area contributed by atoms with E-state index in [4.69, 9.17) is 32.7 Å². The highest BCUT2D eigenvalue weighted by Gasteiger charge is 2.24. The zero-order valence-corrected chi connectivity index (χ0v) is 31.9. The molecular formula is C39H42Cl2F2N6O6. The van der Waals surface area contributed by atoms with Gasteiger partial charge in [-0.05, 0) is 62.4 Å². The van der Waals surface area contributed by atoms with Crippen LogP contribution >= 0.6 is 23.2 Å². The molecule has 3 aromatic carbocycles. The average Bonchev–Trinajstić information content (AvgIpc) is 3.19. The lowest BCUT2D eigenvalue weighted by Gasteiger charge is -2.35. The fourth-order valence-corrected chi connectivity index (χ4v) is 6.51. The standard InChI is InChI=1S/C25H25ClF2N4O3.C14H17ClN2O3/c1-2-35-25(34)32-11-9-31(10-12-32)18-5-6-19(20(26)14-18)24(33)16-3-8-23(29-15-16)30-22-7-4-17(27)13-21(22)28;1-2-20-14(19)17-7-5-16(6-8-17)12-4-3-11(10-18)13(15)9-12/h3-8,13-15,24,33H,2,9-12H2,1H3,(H,29,30);3-4,9-10H,2,5-8H2,1H3. The van der Waals surface area contributed by atoms with Gasteiger partial charge in [0, 0.05) is 97.7 Å². The lowest BCUT2D eigenvalue weighted by Crippen LogP contribution is -2.49. The number of nitrogens with one attached hydrogen (secondary N) is 1. The lowest BCUT2D eigenvalue weighted by molar-refractivity contribution is 0.104. The van der Waals surface area contributed by atoms with E-state index in [-0.39, 0.29) is 17.9 Å². The van der Waals surface area contributed by atoms with Gasteiger partial charge in [-0.2, -0.15) is 0 Å². The Kier molecular flexibility index (Phi) is 14.5. The van der Waals surface area contributed by atoms with E-state index in [0.29, 0.717) is 85.0 Å². The zero-order valence-electron chi connectivity index (χ0n) is 30.4. The van der Waals surface area contributed by atoms with E-state index in [2.05, 4.69) is 20.1 Å². The molecule has 0 aliphatic carbocycles. The summed E-state index contributed by atoms with van der Waals surface area (Å²) in [5.41, 5.74) is 3.47. The van der Waals surface area contributed by atoms with Gasteiger partial charge in [-0.15, -0.1) is 0 Å². The summed E-state index contributed by atoms with van der Waals surface area (Å²) >= 11 is 12.5. The maximum absolute atomic E-state index is 13.9. The zero-order chi connectivity index (χ0) is 39.5. The Hall–Kier alpha value is -5.18. The van der Waals surface area contributed by atoms with Crippen LogP contribution in [0.5, 0.6) is 0 Å². The lowest BCUT2D eigenvalue weighted by atomic mass is 10.0. The van der Waals surface area contributed by atoms with Gasteiger partial charge in [0.1, 0.15) is 23.6 Å². The third kappa shape index (κ3) is 10.7. The maximum Gasteiger partial charge on any atom is 0.409 e. The molecule has 1 aromatic heterocycles. The Morgan fingerprint density at radius 3 is 1.84 bits per heavy atom. The van der Waals surface area contributed by atoms with Crippen LogP contribution in [-0.2, 0) is 9.47 Å². The molecule has 0 saturated carbocycles. The van der Waals surface area contributed by atoms with Crippen LogP contribution in [0.2, 0.25) is 10.0 Å². The number of rotatable bonds is 9. The number of carbonyl (C=O) groups excluding carboxylic acids is 3. The van der Waals surface area contributed by atoms with Crippen molar-refractivity contribution in [2.75, 3.05) is 80.7 Å². The van der Waals surface area contributed by atoms with Gasteiger partial charge in [0.15, 0.2) is 6.29 Å². The number of hydrogen-bond acceptors (Lipinski definition) is 10. The maximum atomic E-state index is 13.9. The molecule has 2 saturated heterocycles. The van der Waals surface area contributed by atoms with Crippen molar-refractivity contribution in [1.82, 2.24) is 14.8 Å². The van der Waals surface area contributed by atoms with E-state index >= 15 is 0 Å². The molecule has 55 heavy (non-hydrogen) atoms. The van der Waals surface area contributed by atoms with Crippen LogP contribution in [0.1, 0.15) is 41.4 Å². The van der Waals surface area contributed by atoms with Crippen LogP contribution < -0.4 is 15.1 Å². The Labute approximate surface area is 328 Å². The second kappa shape index (κ2) is 19.4. The number of benzene rings is 3. The van der Waals surface area contributed by atoms with Crippen molar-refractivity contribution in [2.45, 2.75) is 20.0 Å². The van der Waals surface area contributed by atoms with E-state index in [0.717, 1.165) is 42.9 Å². The van der Waals surface area contributed by atoms with Crippen molar-refractivity contribution in [3.63, 3.8) is 0 Å². The van der Waals surface area contributed by atoms with Gasteiger partial charge in [-0.25, -0.2) is 23.4 Å². The molecule has 2 fully saturated rings. The molecule has 0 radical (unpaired) electrons. The minimum Gasteiger partial charge on any atom is -0.450 e. The van der Waals surface area contributed by atoms with Gasteiger partial charge in [-0.3, -0.25) is 4.79 Å². The summed E-state index contributed by atoms with van der Waals surface area (Å²) in [4.78, 5) is 46.1. The summed E-state index contributed by atoms with van der Waals surface area (Å²) in [5, 5.41) is 14.5. The smallest absolute Gasteiger partial charge is 0.409 e. The number of anilines is 4. The first-order valence-electron chi connectivity index (χ1n) is 17.7. The minimum atomic E-state index is -1.01. The summed E-state index contributed by atoms with van der Waals surface area (Å²) in [6.07, 6.45) is 0.627.